The average Bonchev–Trinajstić information content (AvgIpc) is 2.44. The number of aromatic nitrogens is 1. The molecule has 0 spiro atoms. The molecule has 5 nitrogen and oxygen atoms in total. The Labute approximate surface area is 128 Å². The maximum atomic E-state index is 5.10. The lowest BCUT2D eigenvalue weighted by Gasteiger charge is -2.36. The highest BCUT2D eigenvalue weighted by Gasteiger charge is 2.20. The van der Waals surface area contributed by atoms with Crippen LogP contribution in [0, 0.1) is 0 Å². The number of piperazine rings is 1. The zero-order valence-electron chi connectivity index (χ0n) is 13.7. The van der Waals surface area contributed by atoms with Gasteiger partial charge in [0.05, 0.1) is 6.61 Å². The van der Waals surface area contributed by atoms with Gasteiger partial charge < -0.3 is 15.0 Å². The Hall–Kier alpha value is -1.17. The van der Waals surface area contributed by atoms with Gasteiger partial charge in [-0.05, 0) is 25.5 Å². The molecule has 118 valence electrons. The van der Waals surface area contributed by atoms with E-state index >= 15 is 0 Å². The lowest BCUT2D eigenvalue weighted by Crippen LogP contribution is -2.53. The third-order valence-electron chi connectivity index (χ3n) is 3.87. The summed E-state index contributed by atoms with van der Waals surface area (Å²) in [5.74, 6) is 0.998. The lowest BCUT2D eigenvalue weighted by molar-refractivity contribution is 0.166. The fourth-order valence-electron chi connectivity index (χ4n) is 2.91. The number of hydrogen-bond acceptors (Lipinski definition) is 5. The number of methoxy groups -OCH3 is 1. The summed E-state index contributed by atoms with van der Waals surface area (Å²) in [6.45, 7) is 9.24. The number of nitrogens with zero attached hydrogens (tertiary/aromatic N) is 3. The molecule has 0 saturated carbocycles. The highest BCUT2D eigenvalue weighted by Crippen LogP contribution is 2.13. The van der Waals surface area contributed by atoms with E-state index in [1.807, 2.05) is 13.2 Å². The normalized spacial score (nSPS) is 23.2. The zero-order valence-corrected chi connectivity index (χ0v) is 13.7. The van der Waals surface area contributed by atoms with E-state index in [0.29, 0.717) is 12.1 Å². The van der Waals surface area contributed by atoms with Crippen LogP contribution in [0.4, 0.5) is 5.82 Å². The third-order valence-corrected chi connectivity index (χ3v) is 3.87. The van der Waals surface area contributed by atoms with Gasteiger partial charge in [0, 0.05) is 58.6 Å². The van der Waals surface area contributed by atoms with E-state index in [1.165, 1.54) is 5.56 Å². The summed E-state index contributed by atoms with van der Waals surface area (Å²) in [4.78, 5) is 9.17. The molecule has 0 amide bonds. The molecule has 5 heteroatoms. The molecule has 1 fully saturated rings. The Kier molecular flexibility index (Phi) is 5.96. The molecule has 0 radical (unpaired) electrons. The standard InChI is InChI=1S/C16H28N4O/c1-13-10-20(11-14(2)18-13)12-15-5-6-16(17-9-15)19(3)7-8-21-4/h5-6,9,13-14,18H,7-8,10-12H2,1-4H3. The lowest BCUT2D eigenvalue weighted by atomic mass is 10.1. The molecule has 1 aromatic rings. The first kappa shape index (κ1) is 16.2. The van der Waals surface area contributed by atoms with Gasteiger partial charge in [-0.2, -0.15) is 0 Å². The van der Waals surface area contributed by atoms with Gasteiger partial charge in [0.25, 0.3) is 0 Å². The third kappa shape index (κ3) is 4.95. The molecule has 1 saturated heterocycles. The number of likely N-dealkylation sites (N-methyl/N-ethyl adjacent to an activating group) is 1. The summed E-state index contributed by atoms with van der Waals surface area (Å²) in [5.41, 5.74) is 1.28. The van der Waals surface area contributed by atoms with Crippen LogP contribution in [0.3, 0.4) is 0 Å². The largest absolute Gasteiger partial charge is 0.383 e. The van der Waals surface area contributed by atoms with Gasteiger partial charge in [0.2, 0.25) is 0 Å². The Morgan fingerprint density at radius 2 is 2.05 bits per heavy atom. The van der Waals surface area contributed by atoms with Gasteiger partial charge in [-0.1, -0.05) is 6.07 Å². The van der Waals surface area contributed by atoms with E-state index in [-0.39, 0.29) is 0 Å². The maximum absolute atomic E-state index is 5.10. The van der Waals surface area contributed by atoms with Crippen LogP contribution in [0.25, 0.3) is 0 Å². The number of hydrogen-bond donors (Lipinski definition) is 1. The first-order chi connectivity index (χ1) is 10.1. The minimum Gasteiger partial charge on any atom is -0.383 e. The Balaban J connectivity index is 1.90. The van der Waals surface area contributed by atoms with Crippen LogP contribution in [0.2, 0.25) is 0 Å². The highest BCUT2D eigenvalue weighted by atomic mass is 16.5. The van der Waals surface area contributed by atoms with E-state index in [4.69, 9.17) is 4.74 Å². The summed E-state index contributed by atoms with van der Waals surface area (Å²) >= 11 is 0. The molecule has 0 aromatic carbocycles. The second kappa shape index (κ2) is 7.73. The molecule has 1 aliphatic rings. The van der Waals surface area contributed by atoms with Crippen LogP contribution in [-0.4, -0.2) is 62.4 Å². The highest BCUT2D eigenvalue weighted by molar-refractivity contribution is 5.38. The van der Waals surface area contributed by atoms with Crippen molar-refractivity contribution in [2.24, 2.45) is 0 Å². The van der Waals surface area contributed by atoms with Crippen LogP contribution >= 0.6 is 0 Å². The Morgan fingerprint density at radius 3 is 2.62 bits per heavy atom. The van der Waals surface area contributed by atoms with Crippen molar-refractivity contribution in [1.29, 1.82) is 0 Å². The maximum Gasteiger partial charge on any atom is 0.128 e. The van der Waals surface area contributed by atoms with Crippen LogP contribution in [-0.2, 0) is 11.3 Å². The number of pyridine rings is 1. The molecule has 2 atom stereocenters. The van der Waals surface area contributed by atoms with Gasteiger partial charge in [0.15, 0.2) is 0 Å². The number of nitrogens with one attached hydrogen (secondary N) is 1. The fraction of sp³-hybridized carbons (Fsp3) is 0.688. The van der Waals surface area contributed by atoms with Crippen molar-refractivity contribution in [1.82, 2.24) is 15.2 Å². The van der Waals surface area contributed by atoms with E-state index in [9.17, 15) is 0 Å². The monoisotopic (exact) mass is 292 g/mol. The minimum atomic E-state index is 0.557. The number of rotatable bonds is 6. The second-order valence-electron chi connectivity index (χ2n) is 6.10. The van der Waals surface area contributed by atoms with Gasteiger partial charge in [-0.15, -0.1) is 0 Å². The zero-order chi connectivity index (χ0) is 15.2. The Morgan fingerprint density at radius 1 is 1.33 bits per heavy atom. The Bertz CT molecular complexity index is 413. The number of anilines is 1. The van der Waals surface area contributed by atoms with Gasteiger partial charge in [-0.25, -0.2) is 4.98 Å². The molecule has 21 heavy (non-hydrogen) atoms. The second-order valence-corrected chi connectivity index (χ2v) is 6.10. The molecule has 0 bridgehead atoms. The molecule has 2 rings (SSSR count). The molecule has 1 aromatic heterocycles. The SMILES string of the molecule is COCCN(C)c1ccc(CN2CC(C)NC(C)C2)cn1. The molecule has 2 heterocycles. The molecule has 0 aliphatic carbocycles. The topological polar surface area (TPSA) is 40.6 Å². The van der Waals surface area contributed by atoms with Crippen LogP contribution in [0.15, 0.2) is 18.3 Å². The van der Waals surface area contributed by atoms with Crippen molar-refractivity contribution in [3.63, 3.8) is 0 Å². The van der Waals surface area contributed by atoms with Crippen molar-refractivity contribution < 1.29 is 4.74 Å². The molecular weight excluding hydrogens is 264 g/mol. The minimum absolute atomic E-state index is 0.557. The fourth-order valence-corrected chi connectivity index (χ4v) is 2.91. The number of ether oxygens (including phenoxy) is 1. The van der Waals surface area contributed by atoms with Crippen molar-refractivity contribution in [3.8, 4) is 0 Å². The average molecular weight is 292 g/mol. The summed E-state index contributed by atoms with van der Waals surface area (Å²) in [7, 11) is 3.76. The van der Waals surface area contributed by atoms with Crippen LogP contribution in [0.1, 0.15) is 19.4 Å². The predicted molar refractivity (Wildman–Crippen MR) is 86.7 cm³/mol. The molecule has 1 N–H and O–H groups in total. The van der Waals surface area contributed by atoms with Gasteiger partial charge >= 0.3 is 0 Å². The smallest absolute Gasteiger partial charge is 0.128 e. The summed E-state index contributed by atoms with van der Waals surface area (Å²) < 4.78 is 5.10. The van der Waals surface area contributed by atoms with Crippen molar-refractivity contribution in [2.45, 2.75) is 32.5 Å². The molecule has 1 aliphatic heterocycles. The van der Waals surface area contributed by atoms with E-state index in [1.54, 1.807) is 7.11 Å². The van der Waals surface area contributed by atoms with Crippen molar-refractivity contribution in [2.75, 3.05) is 45.3 Å². The predicted octanol–water partition coefficient (Wildman–Crippen LogP) is 1.35. The van der Waals surface area contributed by atoms with E-state index < -0.39 is 0 Å². The summed E-state index contributed by atoms with van der Waals surface area (Å²) in [6.07, 6.45) is 2.00. The van der Waals surface area contributed by atoms with Crippen LogP contribution in [0.5, 0.6) is 0 Å². The first-order valence-corrected chi connectivity index (χ1v) is 7.72. The molecule has 2 unspecified atom stereocenters. The quantitative estimate of drug-likeness (QED) is 0.857. The van der Waals surface area contributed by atoms with Crippen molar-refractivity contribution >= 4 is 5.82 Å². The van der Waals surface area contributed by atoms with Crippen LogP contribution < -0.4 is 10.2 Å². The first-order valence-electron chi connectivity index (χ1n) is 7.72. The van der Waals surface area contributed by atoms with Crippen molar-refractivity contribution in [3.05, 3.63) is 23.9 Å². The van der Waals surface area contributed by atoms with E-state index in [2.05, 4.69) is 46.1 Å². The summed E-state index contributed by atoms with van der Waals surface area (Å²) in [5, 5.41) is 3.56. The van der Waals surface area contributed by atoms with E-state index in [0.717, 1.165) is 38.6 Å². The summed E-state index contributed by atoms with van der Waals surface area (Å²) in [6, 6.07) is 5.39. The molecular formula is C16H28N4O. The van der Waals surface area contributed by atoms with Gasteiger partial charge in [-0.3, -0.25) is 4.90 Å². The van der Waals surface area contributed by atoms with Gasteiger partial charge in [0.1, 0.15) is 5.82 Å².